The molecule has 0 bridgehead atoms. The molecule has 1 N–H and O–H groups in total. The van der Waals surface area contributed by atoms with Crippen LogP contribution in [0.25, 0.3) is 0 Å². The number of hydrogen-bond acceptors (Lipinski definition) is 3. The van der Waals surface area contributed by atoms with Gasteiger partial charge in [0.2, 0.25) is 0 Å². The van der Waals surface area contributed by atoms with Gasteiger partial charge in [-0.3, -0.25) is 4.90 Å². The molecule has 0 fully saturated rings. The minimum Gasteiger partial charge on any atom is -0.385 e. The fourth-order valence-corrected chi connectivity index (χ4v) is 1.89. The minimum absolute atomic E-state index is 0.842. The SMILES string of the molecule is CCN(CCNCCCOC)Cc1ccccc1. The maximum absolute atomic E-state index is 5.02. The van der Waals surface area contributed by atoms with Crippen LogP contribution in [-0.4, -0.2) is 44.8 Å². The van der Waals surface area contributed by atoms with Gasteiger partial charge in [-0.1, -0.05) is 37.3 Å². The third kappa shape index (κ3) is 6.74. The Balaban J connectivity index is 2.14. The van der Waals surface area contributed by atoms with Crippen molar-refractivity contribution in [2.24, 2.45) is 0 Å². The second-order valence-corrected chi connectivity index (χ2v) is 4.45. The number of ether oxygens (including phenoxy) is 1. The van der Waals surface area contributed by atoms with Crippen molar-refractivity contribution in [3.63, 3.8) is 0 Å². The lowest BCUT2D eigenvalue weighted by Crippen LogP contribution is -2.32. The Labute approximate surface area is 111 Å². The first-order chi connectivity index (χ1) is 8.86. The van der Waals surface area contributed by atoms with E-state index in [1.54, 1.807) is 7.11 Å². The van der Waals surface area contributed by atoms with E-state index >= 15 is 0 Å². The van der Waals surface area contributed by atoms with Crippen LogP contribution in [0.15, 0.2) is 30.3 Å². The minimum atomic E-state index is 0.842. The number of hydrogen-bond donors (Lipinski definition) is 1. The summed E-state index contributed by atoms with van der Waals surface area (Å²) in [4.78, 5) is 2.46. The average Bonchev–Trinajstić information content (AvgIpc) is 2.42. The molecule has 0 heterocycles. The van der Waals surface area contributed by atoms with E-state index in [1.165, 1.54) is 5.56 Å². The maximum atomic E-state index is 5.02. The lowest BCUT2D eigenvalue weighted by molar-refractivity contribution is 0.193. The summed E-state index contributed by atoms with van der Waals surface area (Å²) in [5.41, 5.74) is 1.39. The number of rotatable bonds is 10. The van der Waals surface area contributed by atoms with E-state index in [4.69, 9.17) is 4.74 Å². The average molecular weight is 250 g/mol. The molecule has 0 atom stereocenters. The van der Waals surface area contributed by atoms with Gasteiger partial charge in [0, 0.05) is 33.4 Å². The predicted octanol–water partition coefficient (Wildman–Crippen LogP) is 2.13. The summed E-state index contributed by atoms with van der Waals surface area (Å²) >= 11 is 0. The molecule has 102 valence electrons. The number of likely N-dealkylation sites (N-methyl/N-ethyl adjacent to an activating group) is 1. The summed E-state index contributed by atoms with van der Waals surface area (Å²) in [5, 5.41) is 3.45. The summed E-state index contributed by atoms with van der Waals surface area (Å²) in [6.07, 6.45) is 1.08. The van der Waals surface area contributed by atoms with Gasteiger partial charge in [0.1, 0.15) is 0 Å². The van der Waals surface area contributed by atoms with Crippen LogP contribution in [0, 0.1) is 0 Å². The fraction of sp³-hybridized carbons (Fsp3) is 0.600. The summed E-state index contributed by atoms with van der Waals surface area (Å²) in [5.74, 6) is 0. The highest BCUT2D eigenvalue weighted by molar-refractivity contribution is 5.14. The summed E-state index contributed by atoms with van der Waals surface area (Å²) in [6, 6.07) is 10.7. The number of benzene rings is 1. The lowest BCUT2D eigenvalue weighted by atomic mass is 10.2. The Bertz CT molecular complexity index is 290. The van der Waals surface area contributed by atoms with Crippen molar-refractivity contribution in [3.05, 3.63) is 35.9 Å². The third-order valence-electron chi connectivity index (χ3n) is 3.00. The van der Waals surface area contributed by atoms with Crippen LogP contribution in [0.1, 0.15) is 18.9 Å². The lowest BCUT2D eigenvalue weighted by Gasteiger charge is -2.20. The quantitative estimate of drug-likeness (QED) is 0.644. The van der Waals surface area contributed by atoms with Crippen molar-refractivity contribution in [2.45, 2.75) is 19.9 Å². The van der Waals surface area contributed by atoms with Crippen LogP contribution in [-0.2, 0) is 11.3 Å². The van der Waals surface area contributed by atoms with Crippen LogP contribution in [0.5, 0.6) is 0 Å². The molecule has 1 rings (SSSR count). The molecule has 3 nitrogen and oxygen atoms in total. The highest BCUT2D eigenvalue weighted by atomic mass is 16.5. The molecular weight excluding hydrogens is 224 g/mol. The zero-order chi connectivity index (χ0) is 13.1. The van der Waals surface area contributed by atoms with Gasteiger partial charge in [-0.2, -0.15) is 0 Å². The second kappa shape index (κ2) is 10.1. The highest BCUT2D eigenvalue weighted by Gasteiger charge is 2.02. The Hall–Kier alpha value is -0.900. The number of nitrogens with one attached hydrogen (secondary N) is 1. The molecule has 0 aliphatic carbocycles. The molecule has 0 aliphatic rings. The van der Waals surface area contributed by atoms with Gasteiger partial charge >= 0.3 is 0 Å². The highest BCUT2D eigenvalue weighted by Crippen LogP contribution is 2.03. The van der Waals surface area contributed by atoms with E-state index in [2.05, 4.69) is 47.5 Å². The first-order valence-electron chi connectivity index (χ1n) is 6.82. The zero-order valence-electron chi connectivity index (χ0n) is 11.7. The first-order valence-corrected chi connectivity index (χ1v) is 6.82. The van der Waals surface area contributed by atoms with Gasteiger partial charge in [-0.15, -0.1) is 0 Å². The predicted molar refractivity (Wildman–Crippen MR) is 76.8 cm³/mol. The van der Waals surface area contributed by atoms with Gasteiger partial charge in [-0.05, 0) is 25.1 Å². The number of nitrogens with zero attached hydrogens (tertiary/aromatic N) is 1. The summed E-state index contributed by atoms with van der Waals surface area (Å²) in [7, 11) is 1.75. The monoisotopic (exact) mass is 250 g/mol. The molecule has 0 saturated heterocycles. The summed E-state index contributed by atoms with van der Waals surface area (Å²) < 4.78 is 5.02. The molecule has 1 aromatic carbocycles. The van der Waals surface area contributed by atoms with Crippen molar-refractivity contribution in [1.82, 2.24) is 10.2 Å². The van der Waals surface area contributed by atoms with Crippen LogP contribution in [0.2, 0.25) is 0 Å². The van der Waals surface area contributed by atoms with Gasteiger partial charge < -0.3 is 10.1 Å². The Morgan fingerprint density at radius 2 is 1.94 bits per heavy atom. The second-order valence-electron chi connectivity index (χ2n) is 4.45. The number of methoxy groups -OCH3 is 1. The maximum Gasteiger partial charge on any atom is 0.0474 e. The molecule has 18 heavy (non-hydrogen) atoms. The van der Waals surface area contributed by atoms with E-state index in [9.17, 15) is 0 Å². The van der Waals surface area contributed by atoms with Crippen LogP contribution in [0.4, 0.5) is 0 Å². The van der Waals surface area contributed by atoms with Gasteiger partial charge in [0.05, 0.1) is 0 Å². The van der Waals surface area contributed by atoms with E-state index < -0.39 is 0 Å². The molecule has 0 aromatic heterocycles. The van der Waals surface area contributed by atoms with Gasteiger partial charge in [-0.25, -0.2) is 0 Å². The zero-order valence-corrected chi connectivity index (χ0v) is 11.7. The standard InChI is InChI=1S/C15H26N2O/c1-3-17(12-11-16-10-7-13-18-2)14-15-8-5-4-6-9-15/h4-6,8-9,16H,3,7,10-14H2,1-2H3. The van der Waals surface area contributed by atoms with E-state index in [0.717, 1.165) is 45.8 Å². The molecule has 0 amide bonds. The van der Waals surface area contributed by atoms with Gasteiger partial charge in [0.15, 0.2) is 0 Å². The van der Waals surface area contributed by atoms with Gasteiger partial charge in [0.25, 0.3) is 0 Å². The van der Waals surface area contributed by atoms with E-state index in [0.29, 0.717) is 0 Å². The molecule has 0 radical (unpaired) electrons. The normalized spacial score (nSPS) is 11.1. The Morgan fingerprint density at radius 1 is 1.17 bits per heavy atom. The third-order valence-corrected chi connectivity index (χ3v) is 3.00. The molecule has 3 heteroatoms. The van der Waals surface area contributed by atoms with E-state index in [-0.39, 0.29) is 0 Å². The smallest absolute Gasteiger partial charge is 0.0474 e. The first kappa shape index (κ1) is 15.2. The van der Waals surface area contributed by atoms with Crippen LogP contribution in [0.3, 0.4) is 0 Å². The van der Waals surface area contributed by atoms with Crippen molar-refractivity contribution >= 4 is 0 Å². The largest absolute Gasteiger partial charge is 0.385 e. The van der Waals surface area contributed by atoms with Crippen LogP contribution >= 0.6 is 0 Å². The van der Waals surface area contributed by atoms with E-state index in [1.807, 2.05) is 0 Å². The summed E-state index contributed by atoms with van der Waals surface area (Å²) in [6.45, 7) is 8.37. The molecule has 0 aliphatic heterocycles. The van der Waals surface area contributed by atoms with Crippen molar-refractivity contribution in [3.8, 4) is 0 Å². The molecule has 0 unspecified atom stereocenters. The fourth-order valence-electron chi connectivity index (χ4n) is 1.89. The Morgan fingerprint density at radius 3 is 2.61 bits per heavy atom. The topological polar surface area (TPSA) is 24.5 Å². The molecular formula is C15H26N2O. The molecule has 0 spiro atoms. The van der Waals surface area contributed by atoms with Crippen molar-refractivity contribution < 1.29 is 4.74 Å². The van der Waals surface area contributed by atoms with Crippen molar-refractivity contribution in [2.75, 3.05) is 39.9 Å². The molecule has 1 aromatic rings. The van der Waals surface area contributed by atoms with Crippen molar-refractivity contribution in [1.29, 1.82) is 0 Å². The van der Waals surface area contributed by atoms with Crippen LogP contribution < -0.4 is 5.32 Å². The Kier molecular flexibility index (Phi) is 8.47. The molecule has 0 saturated carbocycles.